The second kappa shape index (κ2) is 16.5. The van der Waals surface area contributed by atoms with Gasteiger partial charge in [0.1, 0.15) is 23.1 Å². The van der Waals surface area contributed by atoms with Gasteiger partial charge in [0.25, 0.3) is 5.91 Å². The van der Waals surface area contributed by atoms with E-state index in [9.17, 15) is 14.7 Å². The van der Waals surface area contributed by atoms with Crippen LogP contribution in [-0.2, 0) is 22.4 Å². The zero-order valence-electron chi connectivity index (χ0n) is 27.5. The number of ether oxygens (including phenoxy) is 1. The van der Waals surface area contributed by atoms with Gasteiger partial charge in [-0.05, 0) is 91.1 Å². The molecule has 0 radical (unpaired) electrons. The molecule has 6 rings (SSSR count). The van der Waals surface area contributed by atoms with Crippen LogP contribution in [0.3, 0.4) is 0 Å². The number of hydrogen-bond donors (Lipinski definition) is 3. The fourth-order valence-corrected chi connectivity index (χ4v) is 5.64. The number of amides is 2. The fourth-order valence-electron chi connectivity index (χ4n) is 5.64. The first kappa shape index (κ1) is 34.0. The molecule has 0 aliphatic heterocycles. The van der Waals surface area contributed by atoms with Crippen LogP contribution in [-0.4, -0.2) is 72.3 Å². The number of nitrogens with zero attached hydrogens (tertiary/aromatic N) is 6. The van der Waals surface area contributed by atoms with Gasteiger partial charge in [0.05, 0.1) is 0 Å². The zero-order chi connectivity index (χ0) is 34.6. The van der Waals surface area contributed by atoms with Gasteiger partial charge in [-0.15, -0.1) is 20.4 Å². The number of nitrogens with one attached hydrogen (secondary N) is 2. The van der Waals surface area contributed by atoms with Crippen LogP contribution in [0.15, 0.2) is 109 Å². The van der Waals surface area contributed by atoms with E-state index >= 15 is 0 Å². The van der Waals surface area contributed by atoms with E-state index in [4.69, 9.17) is 4.74 Å². The average Bonchev–Trinajstić information content (AvgIpc) is 3.16. The van der Waals surface area contributed by atoms with Crippen LogP contribution in [0.25, 0.3) is 34.2 Å². The molecule has 3 heterocycles. The third kappa shape index (κ3) is 9.17. The normalized spacial score (nSPS) is 17.9. The van der Waals surface area contributed by atoms with Gasteiger partial charge in [0.15, 0.2) is 0 Å². The number of allylic oxidation sites excluding steroid dienone is 1. The first-order chi connectivity index (χ1) is 24.4. The van der Waals surface area contributed by atoms with Gasteiger partial charge in [-0.2, -0.15) is 0 Å². The van der Waals surface area contributed by atoms with Crippen LogP contribution in [0.4, 0.5) is 4.79 Å². The number of pyridine rings is 2. The Morgan fingerprint density at radius 2 is 1.42 bits per heavy atom. The summed E-state index contributed by atoms with van der Waals surface area (Å²) in [5, 5.41) is 33.7. The van der Waals surface area contributed by atoms with E-state index in [1.54, 1.807) is 18.5 Å². The van der Waals surface area contributed by atoms with Gasteiger partial charge in [-0.25, -0.2) is 4.79 Å². The van der Waals surface area contributed by atoms with E-state index in [2.05, 4.69) is 41.0 Å². The van der Waals surface area contributed by atoms with Crippen molar-refractivity contribution in [3.63, 3.8) is 0 Å². The van der Waals surface area contributed by atoms with Crippen molar-refractivity contribution in [2.24, 2.45) is 0 Å². The summed E-state index contributed by atoms with van der Waals surface area (Å²) in [5.74, 6) is 0.228. The Morgan fingerprint density at radius 1 is 0.740 bits per heavy atom. The molecule has 2 atom stereocenters. The van der Waals surface area contributed by atoms with E-state index in [1.165, 1.54) is 0 Å². The number of rotatable bonds is 11. The highest BCUT2D eigenvalue weighted by Crippen LogP contribution is 2.26. The minimum absolute atomic E-state index is 0.180. The van der Waals surface area contributed by atoms with Crippen molar-refractivity contribution in [1.29, 1.82) is 0 Å². The van der Waals surface area contributed by atoms with Gasteiger partial charge < -0.3 is 20.5 Å². The Kier molecular flexibility index (Phi) is 11.2. The van der Waals surface area contributed by atoms with E-state index in [0.717, 1.165) is 22.3 Å². The molecular weight excluding hydrogens is 632 g/mol. The Hall–Kier alpha value is -5.88. The summed E-state index contributed by atoms with van der Waals surface area (Å²) in [4.78, 5) is 34.1. The lowest BCUT2D eigenvalue weighted by Gasteiger charge is -2.29. The summed E-state index contributed by atoms with van der Waals surface area (Å²) in [5.41, 5.74) is 3.65. The SMILES string of the molecule is O=C(NCCc1ccccc1)O[C@@H]1/C=C/CC[C@](O)(C(=O)NCCc2ccc(-c3ccnc(-c4nnc(-c5ccccn5)nn4)c3)cc2)CC1. The molecule has 0 saturated carbocycles. The van der Waals surface area contributed by atoms with E-state index in [1.807, 2.05) is 91.0 Å². The predicted octanol–water partition coefficient (Wildman–Crippen LogP) is 4.92. The Labute approximate surface area is 290 Å². The number of carbonyl (C=O) groups excluding carboxylic acids is 2. The number of benzene rings is 2. The highest BCUT2D eigenvalue weighted by molar-refractivity contribution is 5.85. The van der Waals surface area contributed by atoms with Crippen molar-refractivity contribution in [2.45, 2.75) is 50.2 Å². The lowest BCUT2D eigenvalue weighted by atomic mass is 9.87. The smallest absolute Gasteiger partial charge is 0.407 e. The molecule has 2 amide bonds. The number of alkyl carbamates (subject to hydrolysis) is 1. The summed E-state index contributed by atoms with van der Waals surface area (Å²) in [6, 6.07) is 27.1. The van der Waals surface area contributed by atoms with Crippen LogP contribution in [0.1, 0.15) is 36.8 Å². The molecule has 12 nitrogen and oxygen atoms in total. The maximum atomic E-state index is 13.1. The standard InChI is InChI=1S/C38H38N8O4/c47-36(38(49)20-6-4-10-31(16-21-38)50-37(48)42-24-18-27-8-2-1-3-9-27)41-23-17-28-12-14-29(15-13-28)30-19-25-40-33(26-30)35-45-43-34(44-46-35)32-11-5-7-22-39-32/h1-5,7-15,19,22,25-26,31,49H,6,16-18,20-21,23-24H2,(H,41,47)(H,42,48)/b10-4+/t31-,38-/m1/s1. The molecule has 0 spiro atoms. The molecule has 0 fully saturated rings. The monoisotopic (exact) mass is 670 g/mol. The number of carbonyl (C=O) groups is 2. The van der Waals surface area contributed by atoms with Crippen LogP contribution in [0, 0.1) is 0 Å². The van der Waals surface area contributed by atoms with Gasteiger partial charge >= 0.3 is 6.09 Å². The van der Waals surface area contributed by atoms with Crippen LogP contribution >= 0.6 is 0 Å². The third-order valence-corrected chi connectivity index (χ3v) is 8.47. The highest BCUT2D eigenvalue weighted by atomic mass is 16.6. The average molecular weight is 671 g/mol. The molecule has 0 unspecified atom stereocenters. The Bertz CT molecular complexity index is 1890. The summed E-state index contributed by atoms with van der Waals surface area (Å²) >= 11 is 0. The van der Waals surface area contributed by atoms with E-state index in [-0.39, 0.29) is 6.42 Å². The van der Waals surface area contributed by atoms with Crippen LogP contribution in [0.2, 0.25) is 0 Å². The topological polar surface area (TPSA) is 165 Å². The lowest BCUT2D eigenvalue weighted by molar-refractivity contribution is -0.141. The van der Waals surface area contributed by atoms with Gasteiger partial charge in [-0.1, -0.05) is 66.7 Å². The molecule has 1 aliphatic carbocycles. The van der Waals surface area contributed by atoms with Crippen molar-refractivity contribution in [3.05, 3.63) is 121 Å². The maximum absolute atomic E-state index is 13.1. The Balaban J connectivity index is 0.966. The number of aliphatic hydroxyl groups is 1. The summed E-state index contributed by atoms with van der Waals surface area (Å²) in [6.07, 6.45) is 8.57. The molecule has 5 aromatic rings. The summed E-state index contributed by atoms with van der Waals surface area (Å²) < 4.78 is 5.57. The second-order valence-electron chi connectivity index (χ2n) is 12.0. The highest BCUT2D eigenvalue weighted by Gasteiger charge is 2.36. The maximum Gasteiger partial charge on any atom is 0.407 e. The largest absolute Gasteiger partial charge is 0.442 e. The van der Waals surface area contributed by atoms with Crippen molar-refractivity contribution < 1.29 is 19.4 Å². The molecule has 0 bridgehead atoms. The first-order valence-electron chi connectivity index (χ1n) is 16.7. The summed E-state index contributed by atoms with van der Waals surface area (Å²) in [6.45, 7) is 0.818. The number of aromatic nitrogens is 6. The number of hydrogen-bond acceptors (Lipinski definition) is 10. The van der Waals surface area contributed by atoms with Gasteiger partial charge in [0.2, 0.25) is 11.6 Å². The second-order valence-corrected chi connectivity index (χ2v) is 12.0. The molecule has 12 heteroatoms. The molecule has 3 aromatic heterocycles. The first-order valence-corrected chi connectivity index (χ1v) is 16.7. The molecule has 1 aliphatic rings. The predicted molar refractivity (Wildman–Crippen MR) is 187 cm³/mol. The van der Waals surface area contributed by atoms with Crippen molar-refractivity contribution in [3.8, 4) is 34.2 Å². The molecule has 254 valence electrons. The minimum atomic E-state index is -1.55. The minimum Gasteiger partial charge on any atom is -0.442 e. The quantitative estimate of drug-likeness (QED) is 0.164. The molecule has 0 saturated heterocycles. The van der Waals surface area contributed by atoms with Gasteiger partial charge in [0, 0.05) is 25.5 Å². The molecule has 3 N–H and O–H groups in total. The van der Waals surface area contributed by atoms with E-state index in [0.29, 0.717) is 68.2 Å². The zero-order valence-corrected chi connectivity index (χ0v) is 27.5. The van der Waals surface area contributed by atoms with E-state index < -0.39 is 23.7 Å². The summed E-state index contributed by atoms with van der Waals surface area (Å²) in [7, 11) is 0. The molecule has 2 aromatic carbocycles. The van der Waals surface area contributed by atoms with Crippen molar-refractivity contribution >= 4 is 12.0 Å². The van der Waals surface area contributed by atoms with Crippen molar-refractivity contribution in [2.75, 3.05) is 13.1 Å². The lowest BCUT2D eigenvalue weighted by Crippen LogP contribution is -2.48. The molecular formula is C38H38N8O4. The molecule has 50 heavy (non-hydrogen) atoms. The van der Waals surface area contributed by atoms with Crippen LogP contribution in [0.5, 0.6) is 0 Å². The van der Waals surface area contributed by atoms with Gasteiger partial charge in [-0.3, -0.25) is 14.8 Å². The van der Waals surface area contributed by atoms with Crippen LogP contribution < -0.4 is 10.6 Å². The van der Waals surface area contributed by atoms with Crippen molar-refractivity contribution in [1.82, 2.24) is 41.0 Å². The Morgan fingerprint density at radius 3 is 2.16 bits per heavy atom. The fraction of sp³-hybridized carbons (Fsp3) is 0.263. The third-order valence-electron chi connectivity index (χ3n) is 8.47.